The second-order valence-corrected chi connectivity index (χ2v) is 4.74. The Balaban J connectivity index is 2.30. The smallest absolute Gasteiger partial charge is 0.257 e. The number of rotatable bonds is 3. The number of halogens is 1. The van der Waals surface area contributed by atoms with Gasteiger partial charge in [0.05, 0.1) is 23.4 Å². The van der Waals surface area contributed by atoms with Crippen molar-refractivity contribution in [2.45, 2.75) is 6.92 Å². The molecule has 0 saturated heterocycles. The van der Waals surface area contributed by atoms with E-state index >= 15 is 0 Å². The molecule has 0 saturated carbocycles. The summed E-state index contributed by atoms with van der Waals surface area (Å²) in [6, 6.07) is 10.4. The van der Waals surface area contributed by atoms with E-state index in [2.05, 4.69) is 5.32 Å². The maximum absolute atomic E-state index is 12.2. The maximum Gasteiger partial charge on any atom is 0.257 e. The molecule has 0 bridgehead atoms. The third-order valence-electron chi connectivity index (χ3n) is 2.99. The van der Waals surface area contributed by atoms with Crippen LogP contribution in [-0.4, -0.2) is 13.0 Å². The Morgan fingerprint density at radius 2 is 2.05 bits per heavy atom. The number of hydrogen-bond acceptors (Lipinski definition) is 3. The number of para-hydroxylation sites is 1. The van der Waals surface area contributed by atoms with Gasteiger partial charge >= 0.3 is 0 Å². The Kier molecular flexibility index (Phi) is 4.15. The molecule has 2 aromatic carbocycles. The van der Waals surface area contributed by atoms with Gasteiger partial charge in [-0.3, -0.25) is 4.79 Å². The maximum atomic E-state index is 12.2. The predicted octanol–water partition coefficient (Wildman–Crippen LogP) is 3.49. The zero-order valence-electron chi connectivity index (χ0n) is 11.2. The molecule has 5 heteroatoms. The largest absolute Gasteiger partial charge is 0.497 e. The summed E-state index contributed by atoms with van der Waals surface area (Å²) in [5.74, 6) is 0.309. The van der Waals surface area contributed by atoms with Crippen LogP contribution in [0.4, 0.5) is 11.4 Å². The fraction of sp³-hybridized carbons (Fsp3) is 0.133. The number of anilines is 2. The minimum Gasteiger partial charge on any atom is -0.497 e. The van der Waals surface area contributed by atoms with Crippen LogP contribution >= 0.6 is 11.6 Å². The van der Waals surface area contributed by atoms with E-state index in [0.717, 1.165) is 5.56 Å². The van der Waals surface area contributed by atoms with Gasteiger partial charge in [-0.05, 0) is 30.7 Å². The second-order valence-electron chi connectivity index (χ2n) is 4.34. The molecule has 2 aromatic rings. The first kappa shape index (κ1) is 14.2. The first-order chi connectivity index (χ1) is 9.52. The van der Waals surface area contributed by atoms with Crippen molar-refractivity contribution >= 4 is 28.9 Å². The molecule has 0 aliphatic rings. The fourth-order valence-corrected chi connectivity index (χ4v) is 1.96. The number of ether oxygens (including phenoxy) is 1. The van der Waals surface area contributed by atoms with Crippen LogP contribution in [-0.2, 0) is 0 Å². The lowest BCUT2D eigenvalue weighted by Crippen LogP contribution is -2.15. The zero-order valence-corrected chi connectivity index (χ0v) is 12.0. The number of nitrogens with two attached hydrogens (primary N) is 1. The van der Waals surface area contributed by atoms with Crippen LogP contribution in [0, 0.1) is 6.92 Å². The highest BCUT2D eigenvalue weighted by molar-refractivity contribution is 6.34. The third-order valence-corrected chi connectivity index (χ3v) is 3.32. The van der Waals surface area contributed by atoms with Crippen LogP contribution < -0.4 is 15.8 Å². The van der Waals surface area contributed by atoms with Gasteiger partial charge in [-0.2, -0.15) is 0 Å². The normalized spacial score (nSPS) is 10.2. The van der Waals surface area contributed by atoms with E-state index in [9.17, 15) is 4.79 Å². The number of methoxy groups -OCH3 is 1. The molecule has 0 aliphatic heterocycles. The molecule has 0 aromatic heterocycles. The lowest BCUT2D eigenvalue weighted by atomic mass is 10.1. The number of carbonyl (C=O) groups excluding carboxylic acids is 1. The molecular formula is C15H15ClN2O2. The van der Waals surface area contributed by atoms with E-state index in [0.29, 0.717) is 27.7 Å². The molecule has 0 unspecified atom stereocenters. The molecule has 0 heterocycles. The minimum absolute atomic E-state index is 0.304. The van der Waals surface area contributed by atoms with Crippen LogP contribution in [0.5, 0.6) is 5.75 Å². The second kappa shape index (κ2) is 5.84. The summed E-state index contributed by atoms with van der Waals surface area (Å²) < 4.78 is 5.11. The molecular weight excluding hydrogens is 276 g/mol. The van der Waals surface area contributed by atoms with Crippen molar-refractivity contribution in [1.29, 1.82) is 0 Å². The highest BCUT2D eigenvalue weighted by atomic mass is 35.5. The molecule has 3 N–H and O–H groups in total. The Labute approximate surface area is 122 Å². The number of carbonyl (C=O) groups is 1. The van der Waals surface area contributed by atoms with Gasteiger partial charge in [-0.15, -0.1) is 0 Å². The number of benzene rings is 2. The topological polar surface area (TPSA) is 64.3 Å². The Bertz CT molecular complexity index is 656. The average Bonchev–Trinajstić information content (AvgIpc) is 2.44. The van der Waals surface area contributed by atoms with Gasteiger partial charge in [0, 0.05) is 11.8 Å². The molecule has 0 aliphatic carbocycles. The summed E-state index contributed by atoms with van der Waals surface area (Å²) >= 11 is 6.05. The predicted molar refractivity (Wildman–Crippen MR) is 81.5 cm³/mol. The molecule has 4 nitrogen and oxygen atoms in total. The number of aryl methyl sites for hydroxylation is 1. The van der Waals surface area contributed by atoms with Crippen molar-refractivity contribution in [3.8, 4) is 5.75 Å². The van der Waals surface area contributed by atoms with Crippen LogP contribution in [0.3, 0.4) is 0 Å². The molecule has 0 atom stereocenters. The van der Waals surface area contributed by atoms with Crippen LogP contribution in [0.2, 0.25) is 5.02 Å². The van der Waals surface area contributed by atoms with Crippen molar-refractivity contribution in [2.75, 3.05) is 18.2 Å². The van der Waals surface area contributed by atoms with E-state index in [4.69, 9.17) is 22.1 Å². The molecule has 2 rings (SSSR count). The van der Waals surface area contributed by atoms with E-state index in [1.807, 2.05) is 13.0 Å². The minimum atomic E-state index is -0.304. The summed E-state index contributed by atoms with van der Waals surface area (Å²) in [4.78, 5) is 12.2. The van der Waals surface area contributed by atoms with Crippen molar-refractivity contribution in [2.24, 2.45) is 0 Å². The van der Waals surface area contributed by atoms with Gasteiger partial charge in [-0.1, -0.05) is 23.7 Å². The van der Waals surface area contributed by atoms with Gasteiger partial charge in [-0.25, -0.2) is 0 Å². The third kappa shape index (κ3) is 2.86. The monoisotopic (exact) mass is 290 g/mol. The summed E-state index contributed by atoms with van der Waals surface area (Å²) in [5, 5.41) is 3.17. The number of hydrogen-bond donors (Lipinski definition) is 2. The first-order valence-corrected chi connectivity index (χ1v) is 6.40. The highest BCUT2D eigenvalue weighted by Gasteiger charge is 2.13. The average molecular weight is 291 g/mol. The number of nitrogens with one attached hydrogen (secondary N) is 1. The van der Waals surface area contributed by atoms with Gasteiger partial charge in [0.1, 0.15) is 5.75 Å². The standard InChI is InChI=1S/C15H15ClN2O2/c1-9-4-3-5-11(14(9)17)15(19)18-13-8-10(20-2)6-7-12(13)16/h3-8H,17H2,1-2H3,(H,18,19). The molecule has 0 spiro atoms. The molecule has 1 amide bonds. The van der Waals surface area contributed by atoms with Crippen LogP contribution in [0.15, 0.2) is 36.4 Å². The van der Waals surface area contributed by atoms with Gasteiger partial charge < -0.3 is 15.8 Å². The lowest BCUT2D eigenvalue weighted by Gasteiger charge is -2.11. The van der Waals surface area contributed by atoms with Crippen molar-refractivity contribution in [3.05, 3.63) is 52.5 Å². The van der Waals surface area contributed by atoms with Gasteiger partial charge in [0.2, 0.25) is 0 Å². The number of nitrogen functional groups attached to an aromatic ring is 1. The van der Waals surface area contributed by atoms with Crippen molar-refractivity contribution in [1.82, 2.24) is 0 Å². The quantitative estimate of drug-likeness (QED) is 0.851. The molecule has 0 radical (unpaired) electrons. The van der Waals surface area contributed by atoms with E-state index in [1.165, 1.54) is 0 Å². The summed E-state index contributed by atoms with van der Waals surface area (Å²) in [5.41, 5.74) is 8.13. The van der Waals surface area contributed by atoms with Crippen LogP contribution in [0.25, 0.3) is 0 Å². The SMILES string of the molecule is COc1ccc(Cl)c(NC(=O)c2cccc(C)c2N)c1. The Hall–Kier alpha value is -2.20. The molecule has 20 heavy (non-hydrogen) atoms. The summed E-state index contributed by atoms with van der Waals surface area (Å²) in [6.07, 6.45) is 0. The fourth-order valence-electron chi connectivity index (χ4n) is 1.80. The van der Waals surface area contributed by atoms with Gasteiger partial charge in [0.25, 0.3) is 5.91 Å². The lowest BCUT2D eigenvalue weighted by molar-refractivity contribution is 0.102. The zero-order chi connectivity index (χ0) is 14.7. The molecule has 0 fully saturated rings. The summed E-state index contributed by atoms with van der Waals surface area (Å²) in [6.45, 7) is 1.85. The Morgan fingerprint density at radius 3 is 2.75 bits per heavy atom. The Morgan fingerprint density at radius 1 is 1.30 bits per heavy atom. The van der Waals surface area contributed by atoms with E-state index < -0.39 is 0 Å². The van der Waals surface area contributed by atoms with Gasteiger partial charge in [0.15, 0.2) is 0 Å². The first-order valence-electron chi connectivity index (χ1n) is 6.03. The number of amides is 1. The highest BCUT2D eigenvalue weighted by Crippen LogP contribution is 2.27. The van der Waals surface area contributed by atoms with Crippen LogP contribution in [0.1, 0.15) is 15.9 Å². The van der Waals surface area contributed by atoms with E-state index in [1.54, 1.807) is 37.4 Å². The van der Waals surface area contributed by atoms with Crippen molar-refractivity contribution in [3.63, 3.8) is 0 Å². The summed E-state index contributed by atoms with van der Waals surface area (Å²) in [7, 11) is 1.55. The molecule has 104 valence electrons. The van der Waals surface area contributed by atoms with Crippen molar-refractivity contribution < 1.29 is 9.53 Å². The van der Waals surface area contributed by atoms with E-state index in [-0.39, 0.29) is 5.91 Å².